The molecule has 1 aromatic heterocycles. The van der Waals surface area contributed by atoms with E-state index in [4.69, 9.17) is 17.3 Å². The van der Waals surface area contributed by atoms with Gasteiger partial charge in [0, 0.05) is 0 Å². The number of pyridine rings is 1. The third-order valence-corrected chi connectivity index (χ3v) is 1.53. The highest BCUT2D eigenvalue weighted by Gasteiger charge is 2.33. The summed E-state index contributed by atoms with van der Waals surface area (Å²) in [6, 6.07) is 0.899. The predicted octanol–water partition coefficient (Wildman–Crippen LogP) is 1.94. The van der Waals surface area contributed by atoms with Crippen molar-refractivity contribution in [1.29, 1.82) is 0 Å². The summed E-state index contributed by atoms with van der Waals surface area (Å²) in [5.41, 5.74) is 4.69. The van der Waals surface area contributed by atoms with Gasteiger partial charge in [0.05, 0.1) is 11.8 Å². The number of ether oxygens (including phenoxy) is 1. The van der Waals surface area contributed by atoms with E-state index in [0.29, 0.717) is 6.20 Å². The van der Waals surface area contributed by atoms with Gasteiger partial charge in [0.15, 0.2) is 5.75 Å². The Bertz CT molecular complexity index is 394. The highest BCUT2D eigenvalue weighted by atomic mass is 35.5. The highest BCUT2D eigenvalue weighted by Crippen LogP contribution is 2.27. The van der Waals surface area contributed by atoms with Crippen LogP contribution in [0, 0.1) is 0 Å². The van der Waals surface area contributed by atoms with Crippen molar-refractivity contribution < 1.29 is 22.7 Å². The van der Waals surface area contributed by atoms with Crippen LogP contribution in [0.4, 0.5) is 19.0 Å². The van der Waals surface area contributed by atoms with Crippen LogP contribution in [0.1, 0.15) is 10.4 Å². The van der Waals surface area contributed by atoms with Crippen LogP contribution in [0.2, 0.25) is 0 Å². The Morgan fingerprint density at radius 1 is 1.53 bits per heavy atom. The van der Waals surface area contributed by atoms with Crippen molar-refractivity contribution in [3.63, 3.8) is 0 Å². The first-order chi connectivity index (χ1) is 6.79. The predicted molar refractivity (Wildman–Crippen MR) is 45.5 cm³/mol. The SMILES string of the molecule is Nc1cc(C(=O)Cl)c(OC(F)(F)F)cn1. The number of nitrogens with zero attached hydrogens (tertiary/aromatic N) is 1. The molecule has 0 amide bonds. The van der Waals surface area contributed by atoms with Gasteiger partial charge in [-0.25, -0.2) is 4.98 Å². The molecule has 1 rings (SSSR count). The van der Waals surface area contributed by atoms with Crippen molar-refractivity contribution in [3.8, 4) is 5.75 Å². The summed E-state index contributed by atoms with van der Waals surface area (Å²) in [5, 5.41) is -1.11. The van der Waals surface area contributed by atoms with E-state index in [1.165, 1.54) is 0 Å². The number of carbonyl (C=O) groups is 1. The van der Waals surface area contributed by atoms with Gasteiger partial charge in [-0.1, -0.05) is 0 Å². The van der Waals surface area contributed by atoms with E-state index in [1.54, 1.807) is 0 Å². The number of nitrogens with two attached hydrogens (primary N) is 1. The van der Waals surface area contributed by atoms with Crippen LogP contribution in [0.15, 0.2) is 12.3 Å². The number of anilines is 1. The molecule has 0 aliphatic heterocycles. The largest absolute Gasteiger partial charge is 0.573 e. The number of hydrogen-bond donors (Lipinski definition) is 1. The Morgan fingerprint density at radius 2 is 2.13 bits per heavy atom. The number of rotatable bonds is 2. The third kappa shape index (κ3) is 3.28. The van der Waals surface area contributed by atoms with Gasteiger partial charge in [-0.05, 0) is 17.7 Å². The Hall–Kier alpha value is -1.50. The normalized spacial score (nSPS) is 11.2. The van der Waals surface area contributed by atoms with Crippen LogP contribution in [0.5, 0.6) is 5.75 Å². The molecule has 0 aromatic carbocycles. The first-order valence-electron chi connectivity index (χ1n) is 3.50. The molecule has 1 heterocycles. The van der Waals surface area contributed by atoms with Gasteiger partial charge in [-0.2, -0.15) is 0 Å². The highest BCUT2D eigenvalue weighted by molar-refractivity contribution is 6.68. The van der Waals surface area contributed by atoms with E-state index in [0.717, 1.165) is 6.07 Å². The molecule has 82 valence electrons. The zero-order chi connectivity index (χ0) is 11.6. The Kier molecular flexibility index (Phi) is 3.04. The van der Waals surface area contributed by atoms with Gasteiger partial charge in [0.25, 0.3) is 5.24 Å². The number of carbonyl (C=O) groups excluding carboxylic acids is 1. The van der Waals surface area contributed by atoms with Crippen LogP contribution in [-0.4, -0.2) is 16.6 Å². The molecule has 0 saturated carbocycles. The number of nitrogen functional groups attached to an aromatic ring is 1. The van der Waals surface area contributed by atoms with Crippen molar-refractivity contribution in [2.75, 3.05) is 5.73 Å². The van der Waals surface area contributed by atoms with Gasteiger partial charge in [-0.15, -0.1) is 13.2 Å². The Labute approximate surface area is 86.8 Å². The van der Waals surface area contributed by atoms with Crippen molar-refractivity contribution in [2.24, 2.45) is 0 Å². The smallest absolute Gasteiger partial charge is 0.403 e. The second kappa shape index (κ2) is 3.93. The maximum absolute atomic E-state index is 11.8. The quantitative estimate of drug-likeness (QED) is 0.803. The minimum atomic E-state index is -4.92. The number of aromatic nitrogens is 1. The fourth-order valence-corrected chi connectivity index (χ4v) is 0.966. The summed E-state index contributed by atoms with van der Waals surface area (Å²) in [5.74, 6) is -0.912. The van der Waals surface area contributed by atoms with Crippen molar-refractivity contribution >= 4 is 22.7 Å². The summed E-state index contributed by atoms with van der Waals surface area (Å²) < 4.78 is 39.1. The molecule has 0 radical (unpaired) electrons. The molecule has 2 N–H and O–H groups in total. The van der Waals surface area contributed by atoms with E-state index >= 15 is 0 Å². The maximum Gasteiger partial charge on any atom is 0.573 e. The molecule has 0 aliphatic rings. The summed E-state index contributed by atoms with van der Waals surface area (Å²) in [4.78, 5) is 14.1. The average Bonchev–Trinajstić information content (AvgIpc) is 2.05. The molecule has 0 aliphatic carbocycles. The zero-order valence-corrected chi connectivity index (χ0v) is 7.76. The molecule has 0 fully saturated rings. The average molecular weight is 241 g/mol. The van der Waals surface area contributed by atoms with Gasteiger partial charge in [0.2, 0.25) is 0 Å². The molecule has 8 heteroatoms. The van der Waals surface area contributed by atoms with Crippen molar-refractivity contribution in [3.05, 3.63) is 17.8 Å². The summed E-state index contributed by atoms with van der Waals surface area (Å²) in [7, 11) is 0. The number of hydrogen-bond acceptors (Lipinski definition) is 4. The lowest BCUT2D eigenvalue weighted by atomic mass is 10.2. The second-order valence-corrected chi connectivity index (χ2v) is 2.77. The molecule has 0 bridgehead atoms. The minimum Gasteiger partial charge on any atom is -0.403 e. The van der Waals surface area contributed by atoms with Gasteiger partial charge < -0.3 is 10.5 Å². The van der Waals surface area contributed by atoms with E-state index < -0.39 is 22.9 Å². The molecule has 0 atom stereocenters. The van der Waals surface area contributed by atoms with E-state index in [1.807, 2.05) is 0 Å². The molecule has 4 nitrogen and oxygen atoms in total. The van der Waals surface area contributed by atoms with Gasteiger partial charge in [0.1, 0.15) is 5.82 Å². The Balaban J connectivity index is 3.12. The van der Waals surface area contributed by atoms with Crippen LogP contribution in [-0.2, 0) is 0 Å². The van der Waals surface area contributed by atoms with Crippen LogP contribution in [0.25, 0.3) is 0 Å². The standard InChI is InChI=1S/C7H4ClF3N2O2/c8-6(14)3-1-5(12)13-2-4(3)15-7(9,10)11/h1-2H,(H2,12,13). The second-order valence-electron chi connectivity index (χ2n) is 2.43. The summed E-state index contributed by atoms with van der Waals surface area (Å²) in [6.07, 6.45) is -4.24. The Morgan fingerprint density at radius 3 is 2.60 bits per heavy atom. The lowest BCUT2D eigenvalue weighted by Gasteiger charge is -2.10. The number of halogens is 4. The van der Waals surface area contributed by atoms with E-state index in [9.17, 15) is 18.0 Å². The molecule has 15 heavy (non-hydrogen) atoms. The summed E-state index contributed by atoms with van der Waals surface area (Å²) >= 11 is 5.04. The van der Waals surface area contributed by atoms with Gasteiger partial charge in [-0.3, -0.25) is 4.79 Å². The lowest BCUT2D eigenvalue weighted by molar-refractivity contribution is -0.274. The van der Waals surface area contributed by atoms with Crippen LogP contribution >= 0.6 is 11.6 Å². The molecule has 1 aromatic rings. The zero-order valence-electron chi connectivity index (χ0n) is 7.01. The van der Waals surface area contributed by atoms with Crippen LogP contribution in [0.3, 0.4) is 0 Å². The molecule has 0 spiro atoms. The minimum absolute atomic E-state index is 0.131. The lowest BCUT2D eigenvalue weighted by Crippen LogP contribution is -2.19. The van der Waals surface area contributed by atoms with Crippen molar-refractivity contribution in [2.45, 2.75) is 6.36 Å². The van der Waals surface area contributed by atoms with Gasteiger partial charge >= 0.3 is 6.36 Å². The molecule has 0 saturated heterocycles. The van der Waals surface area contributed by atoms with Crippen LogP contribution < -0.4 is 10.5 Å². The van der Waals surface area contributed by atoms with E-state index in [-0.39, 0.29) is 5.82 Å². The summed E-state index contributed by atoms with van der Waals surface area (Å²) in [6.45, 7) is 0. The maximum atomic E-state index is 11.8. The molecular weight excluding hydrogens is 237 g/mol. The third-order valence-electron chi connectivity index (χ3n) is 1.33. The first kappa shape index (κ1) is 11.6. The molecule has 0 unspecified atom stereocenters. The fraction of sp³-hybridized carbons (Fsp3) is 0.143. The molecular formula is C7H4ClF3N2O2. The van der Waals surface area contributed by atoms with E-state index in [2.05, 4.69) is 9.72 Å². The topological polar surface area (TPSA) is 65.2 Å². The first-order valence-corrected chi connectivity index (χ1v) is 3.88. The van der Waals surface area contributed by atoms with Crippen molar-refractivity contribution in [1.82, 2.24) is 4.98 Å². The fourth-order valence-electron chi connectivity index (χ4n) is 0.819. The number of alkyl halides is 3. The monoisotopic (exact) mass is 240 g/mol.